The first-order valence-corrected chi connectivity index (χ1v) is 8.51. The normalized spacial score (nSPS) is 11.8. The SMILES string of the molecule is CCCC/C=C(/F)c1ccc(-c2ccc(CCC)cc2)c(F)c1F. The van der Waals surface area contributed by atoms with Crippen LogP contribution in [0.3, 0.4) is 0 Å². The van der Waals surface area contributed by atoms with E-state index in [-0.39, 0.29) is 11.1 Å². The van der Waals surface area contributed by atoms with Crippen molar-refractivity contribution in [2.45, 2.75) is 46.0 Å². The summed E-state index contributed by atoms with van der Waals surface area (Å²) in [7, 11) is 0. The zero-order valence-electron chi connectivity index (χ0n) is 14.2. The van der Waals surface area contributed by atoms with E-state index < -0.39 is 17.5 Å². The molecule has 2 aromatic carbocycles. The van der Waals surface area contributed by atoms with E-state index in [1.54, 1.807) is 12.1 Å². The molecule has 128 valence electrons. The molecule has 0 aliphatic heterocycles. The Morgan fingerprint density at radius 2 is 1.62 bits per heavy atom. The lowest BCUT2D eigenvalue weighted by molar-refractivity contribution is 0.505. The van der Waals surface area contributed by atoms with Gasteiger partial charge in [0.15, 0.2) is 11.6 Å². The number of allylic oxidation sites excluding steroid dienone is 1. The Hall–Kier alpha value is -2.03. The highest BCUT2D eigenvalue weighted by Crippen LogP contribution is 2.30. The number of benzene rings is 2. The summed E-state index contributed by atoms with van der Waals surface area (Å²) < 4.78 is 42.7. The van der Waals surface area contributed by atoms with E-state index in [2.05, 4.69) is 6.92 Å². The molecule has 0 aromatic heterocycles. The van der Waals surface area contributed by atoms with Crippen molar-refractivity contribution in [3.8, 4) is 11.1 Å². The third kappa shape index (κ3) is 4.28. The Morgan fingerprint density at radius 3 is 2.25 bits per heavy atom. The first-order chi connectivity index (χ1) is 11.6. The molecule has 2 aromatic rings. The minimum atomic E-state index is -1.13. The highest BCUT2D eigenvalue weighted by Gasteiger charge is 2.17. The molecule has 0 fully saturated rings. The fourth-order valence-electron chi connectivity index (χ4n) is 2.64. The molecule has 0 nitrogen and oxygen atoms in total. The van der Waals surface area contributed by atoms with Crippen LogP contribution in [0.4, 0.5) is 13.2 Å². The Kier molecular flexibility index (Phi) is 6.65. The minimum absolute atomic E-state index is 0.153. The Labute approximate surface area is 142 Å². The fraction of sp³-hybridized carbons (Fsp3) is 0.333. The standard InChI is InChI=1S/C21H23F3/c1-3-5-6-8-19(22)18-14-13-17(20(23)21(18)24)16-11-9-15(7-4-2)10-12-16/h8-14H,3-7H2,1-2H3/b19-8+. The summed E-state index contributed by atoms with van der Waals surface area (Å²) in [5.41, 5.74) is 1.59. The lowest BCUT2D eigenvalue weighted by atomic mass is 9.99. The Morgan fingerprint density at radius 1 is 0.917 bits per heavy atom. The van der Waals surface area contributed by atoms with E-state index in [4.69, 9.17) is 0 Å². The van der Waals surface area contributed by atoms with Crippen LogP contribution in [-0.2, 0) is 6.42 Å². The number of rotatable bonds is 7. The van der Waals surface area contributed by atoms with Gasteiger partial charge in [0.2, 0.25) is 0 Å². The zero-order valence-corrected chi connectivity index (χ0v) is 14.2. The van der Waals surface area contributed by atoms with Crippen LogP contribution in [0.5, 0.6) is 0 Å². The van der Waals surface area contributed by atoms with Crippen molar-refractivity contribution >= 4 is 5.83 Å². The van der Waals surface area contributed by atoms with Gasteiger partial charge in [0.1, 0.15) is 5.83 Å². The van der Waals surface area contributed by atoms with Crippen molar-refractivity contribution in [3.05, 3.63) is 65.2 Å². The van der Waals surface area contributed by atoms with E-state index in [0.29, 0.717) is 12.0 Å². The molecule has 0 N–H and O–H groups in total. The molecule has 0 unspecified atom stereocenters. The second-order valence-electron chi connectivity index (χ2n) is 5.93. The van der Waals surface area contributed by atoms with Crippen molar-refractivity contribution in [2.75, 3.05) is 0 Å². The summed E-state index contributed by atoms with van der Waals surface area (Å²) >= 11 is 0. The molecule has 0 spiro atoms. The quantitative estimate of drug-likeness (QED) is 0.475. The van der Waals surface area contributed by atoms with Gasteiger partial charge >= 0.3 is 0 Å². The van der Waals surface area contributed by atoms with E-state index in [1.807, 2.05) is 19.1 Å². The van der Waals surface area contributed by atoms with Gasteiger partial charge in [0.25, 0.3) is 0 Å². The molecule has 3 heteroatoms. The number of halogens is 3. The summed E-state index contributed by atoms with van der Waals surface area (Å²) in [6.45, 7) is 4.08. The summed E-state index contributed by atoms with van der Waals surface area (Å²) in [5.74, 6) is -2.84. The molecule has 0 heterocycles. The summed E-state index contributed by atoms with van der Waals surface area (Å²) in [6, 6.07) is 10.1. The zero-order chi connectivity index (χ0) is 17.5. The maximum Gasteiger partial charge on any atom is 0.169 e. The molecule has 2 rings (SSSR count). The molecular formula is C21H23F3. The van der Waals surface area contributed by atoms with Gasteiger partial charge in [-0.25, -0.2) is 13.2 Å². The van der Waals surface area contributed by atoms with E-state index in [9.17, 15) is 13.2 Å². The Bertz CT molecular complexity index is 700. The van der Waals surface area contributed by atoms with Crippen molar-refractivity contribution in [1.29, 1.82) is 0 Å². The van der Waals surface area contributed by atoms with Crippen LogP contribution in [0.2, 0.25) is 0 Å². The summed E-state index contributed by atoms with van der Waals surface area (Å²) in [6.07, 6.45) is 5.56. The third-order valence-corrected chi connectivity index (χ3v) is 4.02. The van der Waals surface area contributed by atoms with E-state index in [0.717, 1.165) is 31.2 Å². The van der Waals surface area contributed by atoms with Crippen LogP contribution in [0.25, 0.3) is 17.0 Å². The van der Waals surface area contributed by atoms with Gasteiger partial charge in [-0.3, -0.25) is 0 Å². The first-order valence-electron chi connectivity index (χ1n) is 8.51. The van der Waals surface area contributed by atoms with E-state index in [1.165, 1.54) is 18.2 Å². The predicted molar refractivity (Wildman–Crippen MR) is 94.4 cm³/mol. The van der Waals surface area contributed by atoms with Crippen LogP contribution in [0.15, 0.2) is 42.5 Å². The molecule has 0 aliphatic carbocycles. The molecule has 0 aliphatic rings. The van der Waals surface area contributed by atoms with Gasteiger partial charge in [-0.2, -0.15) is 0 Å². The fourth-order valence-corrected chi connectivity index (χ4v) is 2.64. The minimum Gasteiger partial charge on any atom is -0.207 e. The van der Waals surface area contributed by atoms with Crippen LogP contribution < -0.4 is 0 Å². The third-order valence-electron chi connectivity index (χ3n) is 4.02. The smallest absolute Gasteiger partial charge is 0.169 e. The second kappa shape index (κ2) is 8.72. The monoisotopic (exact) mass is 332 g/mol. The topological polar surface area (TPSA) is 0 Å². The van der Waals surface area contributed by atoms with Gasteiger partial charge < -0.3 is 0 Å². The average molecular weight is 332 g/mol. The highest BCUT2D eigenvalue weighted by molar-refractivity contribution is 5.69. The van der Waals surface area contributed by atoms with Gasteiger partial charge in [-0.1, -0.05) is 57.0 Å². The molecule has 24 heavy (non-hydrogen) atoms. The molecule has 0 saturated heterocycles. The Balaban J connectivity index is 2.31. The molecule has 0 bridgehead atoms. The van der Waals surface area contributed by atoms with Crippen molar-refractivity contribution < 1.29 is 13.2 Å². The molecular weight excluding hydrogens is 309 g/mol. The molecule has 0 amide bonds. The molecule has 0 atom stereocenters. The van der Waals surface area contributed by atoms with Gasteiger partial charge in [-0.05, 0) is 42.5 Å². The van der Waals surface area contributed by atoms with Crippen molar-refractivity contribution in [3.63, 3.8) is 0 Å². The molecule has 0 radical (unpaired) electrons. The second-order valence-corrected chi connectivity index (χ2v) is 5.93. The lowest BCUT2D eigenvalue weighted by Crippen LogP contribution is -1.96. The van der Waals surface area contributed by atoms with E-state index >= 15 is 0 Å². The van der Waals surface area contributed by atoms with Crippen molar-refractivity contribution in [1.82, 2.24) is 0 Å². The first kappa shape index (κ1) is 18.3. The van der Waals surface area contributed by atoms with Crippen LogP contribution in [-0.4, -0.2) is 0 Å². The maximum atomic E-state index is 14.4. The average Bonchev–Trinajstić information content (AvgIpc) is 2.58. The number of unbranched alkanes of at least 4 members (excludes halogenated alkanes) is 2. The van der Waals surface area contributed by atoms with Gasteiger partial charge in [0.05, 0.1) is 0 Å². The van der Waals surface area contributed by atoms with Crippen LogP contribution in [0, 0.1) is 11.6 Å². The van der Waals surface area contributed by atoms with Crippen molar-refractivity contribution in [2.24, 2.45) is 0 Å². The van der Waals surface area contributed by atoms with Gasteiger partial charge in [0, 0.05) is 11.1 Å². The number of hydrogen-bond acceptors (Lipinski definition) is 0. The molecule has 0 saturated carbocycles. The van der Waals surface area contributed by atoms with Crippen LogP contribution in [0.1, 0.15) is 50.7 Å². The van der Waals surface area contributed by atoms with Crippen LogP contribution >= 0.6 is 0 Å². The summed E-state index contributed by atoms with van der Waals surface area (Å²) in [4.78, 5) is 0. The predicted octanol–water partition coefficient (Wildman–Crippen LogP) is 7.08. The van der Waals surface area contributed by atoms with Gasteiger partial charge in [-0.15, -0.1) is 0 Å². The lowest BCUT2D eigenvalue weighted by Gasteiger charge is -2.09. The summed E-state index contributed by atoms with van der Waals surface area (Å²) in [5, 5.41) is 0. The number of hydrogen-bond donors (Lipinski definition) is 0. The largest absolute Gasteiger partial charge is 0.207 e. The highest BCUT2D eigenvalue weighted by atomic mass is 19.2. The maximum absolute atomic E-state index is 14.4. The number of aryl methyl sites for hydroxylation is 1.